The number of hydrogen-bond donors (Lipinski definition) is 3. The van der Waals surface area contributed by atoms with Crippen LogP contribution in [-0.2, 0) is 14.4 Å². The molecule has 0 fully saturated rings. The lowest BCUT2D eigenvalue weighted by atomic mass is 11.5. The van der Waals surface area contributed by atoms with E-state index in [2.05, 4.69) is 14.9 Å². The van der Waals surface area contributed by atoms with Crippen LogP contribution in [0.4, 0.5) is 0 Å². The molecule has 0 aliphatic heterocycles. The summed E-state index contributed by atoms with van der Waals surface area (Å²) in [6, 6.07) is 0. The summed E-state index contributed by atoms with van der Waals surface area (Å²) in [7, 11) is -2.09. The van der Waals surface area contributed by atoms with E-state index < -0.39 is 9.28 Å². The molecule has 0 unspecified atom stereocenters. The van der Waals surface area contributed by atoms with Gasteiger partial charge in [0, 0.05) is 0 Å². The van der Waals surface area contributed by atoms with Crippen molar-refractivity contribution in [2.75, 3.05) is 0 Å². The van der Waals surface area contributed by atoms with Crippen molar-refractivity contribution in [1.29, 1.82) is 0 Å². The summed E-state index contributed by atoms with van der Waals surface area (Å²) in [5.74, 6) is 0. The zero-order chi connectivity index (χ0) is 7.82. The monoisotopic (exact) mass is 161 g/mol. The molecule has 0 saturated carbocycles. The van der Waals surface area contributed by atoms with Crippen LogP contribution in [0, 0.1) is 0 Å². The first-order valence-corrected chi connectivity index (χ1v) is 4.17. The topological polar surface area (TPSA) is 87.3 Å². The predicted octanol–water partition coefficient (Wildman–Crippen LogP) is -3.06. The van der Waals surface area contributed by atoms with Gasteiger partial charge >= 0.3 is 9.28 Å². The SMILES string of the molecule is O=CN[SiH](NC=O)NC=O. The van der Waals surface area contributed by atoms with Crippen molar-refractivity contribution in [1.82, 2.24) is 14.9 Å². The molecule has 0 radical (unpaired) electrons. The van der Waals surface area contributed by atoms with E-state index in [9.17, 15) is 14.4 Å². The Morgan fingerprint density at radius 3 is 1.30 bits per heavy atom. The highest BCUT2D eigenvalue weighted by Crippen LogP contribution is 1.53. The minimum Gasteiger partial charge on any atom is -0.353 e. The fraction of sp³-hybridized carbons (Fsp3) is 0. The van der Waals surface area contributed by atoms with Crippen LogP contribution >= 0.6 is 0 Å². The summed E-state index contributed by atoms with van der Waals surface area (Å²) in [6.07, 6.45) is 1.26. The normalized spacial score (nSPS) is 8.10. The quantitative estimate of drug-likeness (QED) is 0.285. The van der Waals surface area contributed by atoms with Crippen molar-refractivity contribution in [3.05, 3.63) is 0 Å². The van der Waals surface area contributed by atoms with Gasteiger partial charge in [-0.2, -0.15) is 0 Å². The summed E-state index contributed by atoms with van der Waals surface area (Å²) >= 11 is 0. The number of carbonyl (C=O) groups excluding carboxylic acids is 3. The van der Waals surface area contributed by atoms with E-state index in [-0.39, 0.29) is 0 Å². The van der Waals surface area contributed by atoms with E-state index >= 15 is 0 Å². The van der Waals surface area contributed by atoms with Gasteiger partial charge in [-0.3, -0.25) is 14.4 Å². The highest BCUT2D eigenvalue weighted by molar-refractivity contribution is 6.56. The molecule has 0 heterocycles. The minimum absolute atomic E-state index is 0.421. The first-order valence-electron chi connectivity index (χ1n) is 2.44. The number of nitrogens with one attached hydrogen (secondary N) is 3. The molecular weight excluding hydrogens is 154 g/mol. The summed E-state index contributed by atoms with van der Waals surface area (Å²) < 4.78 is 0. The van der Waals surface area contributed by atoms with E-state index in [1.54, 1.807) is 0 Å². The second-order valence-corrected chi connectivity index (χ2v) is 3.15. The maximum Gasteiger partial charge on any atom is 0.361 e. The minimum atomic E-state index is -2.09. The Bertz CT molecular complexity index is 106. The molecule has 0 aliphatic rings. The predicted molar refractivity (Wildman–Crippen MR) is 34.7 cm³/mol. The first-order chi connectivity index (χ1) is 4.85. The van der Waals surface area contributed by atoms with Gasteiger partial charge in [0.2, 0.25) is 19.2 Å². The summed E-state index contributed by atoms with van der Waals surface area (Å²) in [5.41, 5.74) is 0. The Kier molecular flexibility index (Phi) is 4.97. The van der Waals surface area contributed by atoms with Crippen LogP contribution in [0.15, 0.2) is 0 Å². The first kappa shape index (κ1) is 8.63. The molecule has 0 atom stereocenters. The molecule has 0 saturated heterocycles. The molecule has 0 rings (SSSR count). The third-order valence-electron chi connectivity index (χ3n) is 0.704. The Morgan fingerprint density at radius 2 is 1.10 bits per heavy atom. The Labute approximate surface area is 58.8 Å². The lowest BCUT2D eigenvalue weighted by Crippen LogP contribution is -2.56. The third kappa shape index (κ3) is 3.61. The summed E-state index contributed by atoms with van der Waals surface area (Å²) in [5, 5.41) is 0. The van der Waals surface area contributed by atoms with Crippen LogP contribution in [0.5, 0.6) is 0 Å². The van der Waals surface area contributed by atoms with Crippen molar-refractivity contribution in [2.24, 2.45) is 0 Å². The smallest absolute Gasteiger partial charge is 0.353 e. The zero-order valence-corrected chi connectivity index (χ0v) is 6.19. The second-order valence-electron chi connectivity index (χ2n) is 1.29. The number of amides is 3. The van der Waals surface area contributed by atoms with Gasteiger partial charge in [-0.25, -0.2) is 0 Å². The van der Waals surface area contributed by atoms with E-state index in [1.165, 1.54) is 0 Å². The molecular formula is C3H7N3O3Si. The molecule has 10 heavy (non-hydrogen) atoms. The van der Waals surface area contributed by atoms with Crippen LogP contribution in [-0.4, -0.2) is 28.5 Å². The van der Waals surface area contributed by atoms with Crippen LogP contribution in [0.3, 0.4) is 0 Å². The maximum atomic E-state index is 9.78. The Balaban J connectivity index is 3.58. The summed E-state index contributed by atoms with van der Waals surface area (Å²) in [4.78, 5) is 36.1. The molecule has 0 bridgehead atoms. The average molecular weight is 161 g/mol. The van der Waals surface area contributed by atoms with Crippen molar-refractivity contribution in [3.8, 4) is 0 Å². The van der Waals surface area contributed by atoms with Crippen molar-refractivity contribution in [3.63, 3.8) is 0 Å². The molecule has 7 heteroatoms. The molecule has 0 aromatic heterocycles. The van der Waals surface area contributed by atoms with Crippen LogP contribution in [0.25, 0.3) is 0 Å². The lowest BCUT2D eigenvalue weighted by molar-refractivity contribution is -0.108. The largest absolute Gasteiger partial charge is 0.361 e. The van der Waals surface area contributed by atoms with Crippen molar-refractivity contribution in [2.45, 2.75) is 0 Å². The molecule has 3 amide bonds. The van der Waals surface area contributed by atoms with Gasteiger partial charge in [-0.05, 0) is 0 Å². The molecule has 0 spiro atoms. The molecule has 56 valence electrons. The van der Waals surface area contributed by atoms with Crippen molar-refractivity contribution >= 4 is 28.5 Å². The summed E-state index contributed by atoms with van der Waals surface area (Å²) in [6.45, 7) is 0. The van der Waals surface area contributed by atoms with Crippen LogP contribution in [0.2, 0.25) is 0 Å². The van der Waals surface area contributed by atoms with Gasteiger partial charge in [0.05, 0.1) is 0 Å². The van der Waals surface area contributed by atoms with E-state index in [0.717, 1.165) is 0 Å². The zero-order valence-electron chi connectivity index (χ0n) is 5.03. The molecule has 0 aliphatic carbocycles. The average Bonchev–Trinajstić information content (AvgIpc) is 1.90. The van der Waals surface area contributed by atoms with Gasteiger partial charge in [0.15, 0.2) is 0 Å². The van der Waals surface area contributed by atoms with Gasteiger partial charge in [-0.1, -0.05) is 0 Å². The Hall–Kier alpha value is -1.37. The molecule has 3 N–H and O–H groups in total. The lowest BCUT2D eigenvalue weighted by Gasteiger charge is -2.08. The van der Waals surface area contributed by atoms with Gasteiger partial charge < -0.3 is 14.9 Å². The highest BCUT2D eigenvalue weighted by atomic mass is 28.3. The molecule has 0 aromatic rings. The Morgan fingerprint density at radius 1 is 0.800 bits per heavy atom. The van der Waals surface area contributed by atoms with Crippen LogP contribution < -0.4 is 14.9 Å². The van der Waals surface area contributed by atoms with Gasteiger partial charge in [-0.15, -0.1) is 0 Å². The fourth-order valence-electron chi connectivity index (χ4n) is 0.348. The number of rotatable bonds is 6. The number of carbonyl (C=O) groups is 3. The van der Waals surface area contributed by atoms with E-state index in [0.29, 0.717) is 19.2 Å². The van der Waals surface area contributed by atoms with E-state index in [1.807, 2.05) is 0 Å². The highest BCUT2D eigenvalue weighted by Gasteiger charge is 2.05. The van der Waals surface area contributed by atoms with Crippen molar-refractivity contribution < 1.29 is 14.4 Å². The second kappa shape index (κ2) is 5.76. The maximum absolute atomic E-state index is 9.78. The van der Waals surface area contributed by atoms with Crippen LogP contribution in [0.1, 0.15) is 0 Å². The fourth-order valence-corrected chi connectivity index (χ4v) is 1.05. The van der Waals surface area contributed by atoms with Gasteiger partial charge in [0.25, 0.3) is 0 Å². The standard InChI is InChI=1S/C3H7N3O3Si/c7-1-4-10(5-2-8)6-3-9/h1-3,10H,(H,4,7)(H,5,8)(H,6,9). The molecule has 6 nitrogen and oxygen atoms in total. The van der Waals surface area contributed by atoms with E-state index in [4.69, 9.17) is 0 Å². The third-order valence-corrected chi connectivity index (χ3v) is 2.11. The number of hydrogen-bond acceptors (Lipinski definition) is 3. The van der Waals surface area contributed by atoms with Gasteiger partial charge in [0.1, 0.15) is 0 Å². The molecule has 0 aromatic carbocycles.